The molecule has 0 rings (SSSR count). The quantitative estimate of drug-likeness (QED) is 0.0261. The molecule has 0 bridgehead atoms. The van der Waals surface area contributed by atoms with Crippen molar-refractivity contribution < 1.29 is 28.6 Å². The van der Waals surface area contributed by atoms with E-state index in [0.29, 0.717) is 25.7 Å². The molecule has 0 fully saturated rings. The van der Waals surface area contributed by atoms with Crippen molar-refractivity contribution >= 4 is 17.9 Å². The molecule has 0 heterocycles. The van der Waals surface area contributed by atoms with Crippen molar-refractivity contribution in [1.29, 1.82) is 0 Å². The molecular weight excluding hydrogens is 925 g/mol. The fourth-order valence-corrected chi connectivity index (χ4v) is 8.27. The number of carbonyl (C=O) groups is 3. The van der Waals surface area contributed by atoms with Crippen LogP contribution in [0.25, 0.3) is 0 Å². The fraction of sp³-hybridized carbons (Fsp3) is 0.667. The molecule has 0 N–H and O–H groups in total. The molecule has 0 spiro atoms. The second kappa shape index (κ2) is 62.4. The largest absolute Gasteiger partial charge is 0.462 e. The molecule has 0 aromatic carbocycles. The predicted molar refractivity (Wildman–Crippen MR) is 325 cm³/mol. The van der Waals surface area contributed by atoms with Crippen molar-refractivity contribution in [3.63, 3.8) is 0 Å². The molecule has 1 unspecified atom stereocenters. The van der Waals surface area contributed by atoms with E-state index in [1.165, 1.54) is 103 Å². The minimum absolute atomic E-state index is 0.101. The summed E-state index contributed by atoms with van der Waals surface area (Å²) in [6, 6.07) is 0. The van der Waals surface area contributed by atoms with E-state index < -0.39 is 6.10 Å². The van der Waals surface area contributed by atoms with Crippen LogP contribution in [0.1, 0.15) is 278 Å². The Labute approximate surface area is 462 Å². The van der Waals surface area contributed by atoms with E-state index in [4.69, 9.17) is 14.2 Å². The first-order valence-electron chi connectivity index (χ1n) is 31.0. The number of ether oxygens (including phenoxy) is 3. The van der Waals surface area contributed by atoms with Gasteiger partial charge in [-0.15, -0.1) is 0 Å². The second-order valence-electron chi connectivity index (χ2n) is 20.2. The Balaban J connectivity index is 4.45. The van der Waals surface area contributed by atoms with E-state index in [-0.39, 0.29) is 31.1 Å². The lowest BCUT2D eigenvalue weighted by Gasteiger charge is -2.18. The summed E-state index contributed by atoms with van der Waals surface area (Å²) in [6.07, 6.45) is 86.3. The highest BCUT2D eigenvalue weighted by molar-refractivity contribution is 5.71. The number of esters is 3. The molecule has 0 saturated heterocycles. The van der Waals surface area contributed by atoms with Crippen molar-refractivity contribution in [3.05, 3.63) is 122 Å². The maximum absolute atomic E-state index is 12.9. The second-order valence-corrected chi connectivity index (χ2v) is 20.2. The summed E-state index contributed by atoms with van der Waals surface area (Å²) in [5, 5.41) is 0. The predicted octanol–water partition coefficient (Wildman–Crippen LogP) is 21.2. The molecule has 426 valence electrons. The first-order chi connectivity index (χ1) is 37.0. The number of hydrogen-bond donors (Lipinski definition) is 0. The Hall–Kier alpha value is -4.19. The zero-order chi connectivity index (χ0) is 54.3. The zero-order valence-corrected chi connectivity index (χ0v) is 48.8. The Bertz CT molecular complexity index is 1570. The average Bonchev–Trinajstić information content (AvgIpc) is 3.41. The van der Waals surface area contributed by atoms with E-state index in [0.717, 1.165) is 128 Å². The van der Waals surface area contributed by atoms with Crippen molar-refractivity contribution in [1.82, 2.24) is 0 Å². The summed E-state index contributed by atoms with van der Waals surface area (Å²) >= 11 is 0. The fourth-order valence-electron chi connectivity index (χ4n) is 8.27. The Morgan fingerprint density at radius 2 is 0.520 bits per heavy atom. The van der Waals surface area contributed by atoms with Crippen LogP contribution in [0, 0.1) is 0 Å². The van der Waals surface area contributed by atoms with E-state index in [2.05, 4.69) is 142 Å². The van der Waals surface area contributed by atoms with E-state index in [1.807, 2.05) is 0 Å². The van der Waals surface area contributed by atoms with Crippen LogP contribution < -0.4 is 0 Å². The summed E-state index contributed by atoms with van der Waals surface area (Å²) in [4.78, 5) is 38.2. The Morgan fingerprint density at radius 3 is 0.853 bits per heavy atom. The van der Waals surface area contributed by atoms with Crippen molar-refractivity contribution in [2.45, 2.75) is 284 Å². The number of allylic oxidation sites excluding steroid dienone is 20. The smallest absolute Gasteiger partial charge is 0.306 e. The lowest BCUT2D eigenvalue weighted by atomic mass is 10.1. The highest BCUT2D eigenvalue weighted by Gasteiger charge is 2.19. The molecule has 1 atom stereocenters. The topological polar surface area (TPSA) is 78.9 Å². The molecule has 0 radical (unpaired) electrons. The van der Waals surface area contributed by atoms with Crippen LogP contribution in [-0.2, 0) is 28.6 Å². The molecule has 6 heteroatoms. The number of rotatable bonds is 55. The standard InChI is InChI=1S/C69H114O6/c1-4-7-10-13-16-19-22-25-28-30-31-32-33-34-35-36-37-38-39-40-42-44-47-50-53-56-59-62-68(71)74-65-66(64-73-67(70)61-58-55-52-49-46-43-27-24-21-18-15-12-9-6-3)75-69(72)63-60-57-54-51-48-45-41-29-26-23-20-17-14-11-8-5-2/h7,10,16,19,24-25,27-29,31-32,34-35,37-38,40-42,47,50,66H,4-6,8-9,11-15,17-18,20-23,26,30,33,36,39,43-46,48-49,51-65H2,1-3H3/b10-7-,19-16-,27-24-,28-25-,32-31-,35-34-,38-37-,41-29-,42-40-,50-47-. The number of carbonyl (C=O) groups excluding carboxylic acids is 3. The lowest BCUT2D eigenvalue weighted by Crippen LogP contribution is -2.30. The minimum Gasteiger partial charge on any atom is -0.462 e. The summed E-state index contributed by atoms with van der Waals surface area (Å²) in [6.45, 7) is 6.47. The van der Waals surface area contributed by atoms with Gasteiger partial charge in [-0.1, -0.05) is 245 Å². The highest BCUT2D eigenvalue weighted by atomic mass is 16.6. The van der Waals surface area contributed by atoms with Gasteiger partial charge >= 0.3 is 17.9 Å². The third-order valence-corrected chi connectivity index (χ3v) is 12.9. The van der Waals surface area contributed by atoms with Gasteiger partial charge in [-0.05, 0) is 135 Å². The molecule has 0 aliphatic heterocycles. The van der Waals surface area contributed by atoms with Crippen molar-refractivity contribution in [3.8, 4) is 0 Å². The normalized spacial score (nSPS) is 12.9. The Kier molecular flexibility index (Phi) is 58.9. The van der Waals surface area contributed by atoms with Crippen LogP contribution >= 0.6 is 0 Å². The van der Waals surface area contributed by atoms with E-state index >= 15 is 0 Å². The van der Waals surface area contributed by atoms with Crippen LogP contribution in [0.2, 0.25) is 0 Å². The average molecular weight is 1040 g/mol. The molecule has 6 nitrogen and oxygen atoms in total. The van der Waals surface area contributed by atoms with E-state index in [1.54, 1.807) is 0 Å². The van der Waals surface area contributed by atoms with Crippen LogP contribution in [0.15, 0.2) is 122 Å². The Morgan fingerprint density at radius 1 is 0.280 bits per heavy atom. The molecule has 0 aromatic heterocycles. The van der Waals surface area contributed by atoms with Gasteiger partial charge in [0.05, 0.1) is 0 Å². The van der Waals surface area contributed by atoms with Gasteiger partial charge in [0.2, 0.25) is 0 Å². The summed E-state index contributed by atoms with van der Waals surface area (Å²) in [5.41, 5.74) is 0. The molecule has 0 amide bonds. The van der Waals surface area contributed by atoms with Gasteiger partial charge in [0.15, 0.2) is 6.10 Å². The lowest BCUT2D eigenvalue weighted by molar-refractivity contribution is -0.167. The third-order valence-electron chi connectivity index (χ3n) is 12.9. The van der Waals surface area contributed by atoms with Crippen LogP contribution in [0.5, 0.6) is 0 Å². The first kappa shape index (κ1) is 70.8. The molecule has 0 saturated carbocycles. The van der Waals surface area contributed by atoms with Crippen LogP contribution in [0.3, 0.4) is 0 Å². The summed E-state index contributed by atoms with van der Waals surface area (Å²) in [7, 11) is 0. The maximum atomic E-state index is 12.9. The molecule has 0 aliphatic rings. The number of unbranched alkanes of at least 4 members (excludes halogenated alkanes) is 24. The third kappa shape index (κ3) is 60.6. The molecule has 75 heavy (non-hydrogen) atoms. The molecular formula is C69H114O6. The van der Waals surface area contributed by atoms with E-state index in [9.17, 15) is 14.4 Å². The molecule has 0 aliphatic carbocycles. The molecule has 0 aromatic rings. The van der Waals surface area contributed by atoms with Crippen molar-refractivity contribution in [2.24, 2.45) is 0 Å². The minimum atomic E-state index is -0.807. The highest BCUT2D eigenvalue weighted by Crippen LogP contribution is 2.14. The monoisotopic (exact) mass is 1040 g/mol. The SMILES string of the molecule is CC/C=C\C/C=C\C/C=C\C/C=C\C/C=C\C/C=C\C/C=C\C/C=C\CCCCC(=O)OCC(COC(=O)CCCCCCC/C=C\CCCCCCC)OC(=O)CCCCCCC/C=C\CCCCCCCCC. The van der Waals surface area contributed by atoms with Crippen LogP contribution in [-0.4, -0.2) is 37.2 Å². The van der Waals surface area contributed by atoms with Gasteiger partial charge in [-0.3, -0.25) is 14.4 Å². The van der Waals surface area contributed by atoms with Crippen LogP contribution in [0.4, 0.5) is 0 Å². The summed E-state index contributed by atoms with van der Waals surface area (Å²) in [5.74, 6) is -0.961. The first-order valence-corrected chi connectivity index (χ1v) is 31.0. The van der Waals surface area contributed by atoms with Gasteiger partial charge in [0.1, 0.15) is 13.2 Å². The maximum Gasteiger partial charge on any atom is 0.306 e. The van der Waals surface area contributed by atoms with Gasteiger partial charge in [-0.2, -0.15) is 0 Å². The summed E-state index contributed by atoms with van der Waals surface area (Å²) < 4.78 is 16.8. The van der Waals surface area contributed by atoms with Gasteiger partial charge < -0.3 is 14.2 Å². The van der Waals surface area contributed by atoms with Gasteiger partial charge in [0.25, 0.3) is 0 Å². The van der Waals surface area contributed by atoms with Crippen molar-refractivity contribution in [2.75, 3.05) is 13.2 Å². The van der Waals surface area contributed by atoms with Gasteiger partial charge in [0, 0.05) is 19.3 Å². The zero-order valence-electron chi connectivity index (χ0n) is 48.8. The number of hydrogen-bond acceptors (Lipinski definition) is 6. The van der Waals surface area contributed by atoms with Gasteiger partial charge in [-0.25, -0.2) is 0 Å².